The summed E-state index contributed by atoms with van der Waals surface area (Å²) in [6.07, 6.45) is 2.45. The van der Waals surface area contributed by atoms with Gasteiger partial charge >= 0.3 is 32.7 Å². The average Bonchev–Trinajstić information content (AvgIpc) is 1.61. The third-order valence-corrected chi connectivity index (χ3v) is 0.369. The standard InChI is InChI=1S/C3H6N3S.2CH3.Y/c1-2-5-6-3(4)7;;;/h1H3,(H3,4,6,7);2*1H3;/q3*-1;+3. The fraction of sp³-hybridized carbons (Fsp3) is 0.200. The Morgan fingerprint density at radius 3 is 2.10 bits per heavy atom. The van der Waals surface area contributed by atoms with Crippen LogP contribution < -0.4 is 11.2 Å². The summed E-state index contributed by atoms with van der Waals surface area (Å²) in [5.74, 6) is 0. The fourth-order valence-electron chi connectivity index (χ4n) is 0.111. The van der Waals surface area contributed by atoms with Gasteiger partial charge in [0.05, 0.1) is 0 Å². The molecule has 0 spiro atoms. The monoisotopic (exact) mass is 235 g/mol. The third-order valence-electron chi connectivity index (χ3n) is 0.278. The minimum atomic E-state index is 0. The second-order valence-corrected chi connectivity index (χ2v) is 1.25. The van der Waals surface area contributed by atoms with Crippen molar-refractivity contribution in [3.63, 3.8) is 0 Å². The minimum absolute atomic E-state index is 0. The summed E-state index contributed by atoms with van der Waals surface area (Å²) < 4.78 is 0. The molecule has 0 rings (SSSR count). The summed E-state index contributed by atoms with van der Waals surface area (Å²) in [4.78, 5) is 0. The molecular weight excluding hydrogens is 223 g/mol. The molecule has 0 unspecified atom stereocenters. The Balaban J connectivity index is -0.0000000600. The zero-order valence-corrected chi connectivity index (χ0v) is 10.2. The van der Waals surface area contributed by atoms with Gasteiger partial charge in [-0.2, -0.15) is 6.92 Å². The average molecular weight is 235 g/mol. The van der Waals surface area contributed by atoms with Gasteiger partial charge in [-0.25, -0.2) is 0 Å². The zero-order valence-electron chi connectivity index (χ0n) is 6.51. The van der Waals surface area contributed by atoms with Gasteiger partial charge in [0.2, 0.25) is 0 Å². The van der Waals surface area contributed by atoms with Gasteiger partial charge in [0.1, 0.15) is 0 Å². The second-order valence-electron chi connectivity index (χ2n) is 0.811. The van der Waals surface area contributed by atoms with Gasteiger partial charge in [-0.1, -0.05) is 0 Å². The van der Waals surface area contributed by atoms with Gasteiger partial charge in [0.15, 0.2) is 5.11 Å². The number of thiocarbonyl (C=S) groups is 1. The minimum Gasteiger partial charge on any atom is -0.398 e. The van der Waals surface area contributed by atoms with Gasteiger partial charge in [-0.15, -0.1) is 0 Å². The van der Waals surface area contributed by atoms with Crippen LogP contribution in [0.3, 0.4) is 0 Å². The van der Waals surface area contributed by atoms with Crippen molar-refractivity contribution in [3.05, 3.63) is 14.9 Å². The molecule has 3 nitrogen and oxygen atoms in total. The smallest absolute Gasteiger partial charge is 0.398 e. The molecule has 0 aliphatic carbocycles. The fourth-order valence-corrected chi connectivity index (χ4v) is 0.157. The predicted octanol–water partition coefficient (Wildman–Crippen LogP) is 0.600. The summed E-state index contributed by atoms with van der Waals surface area (Å²) in [6, 6.07) is 0. The zero-order chi connectivity index (χ0) is 5.70. The SMILES string of the molecule is C[C-]=NNC(N)=S.[CH3-].[CH3-].[Y+3]. The van der Waals surface area contributed by atoms with Crippen molar-refractivity contribution in [2.75, 3.05) is 0 Å². The van der Waals surface area contributed by atoms with E-state index in [1.54, 1.807) is 6.92 Å². The second kappa shape index (κ2) is 16.2. The number of hydrogen-bond acceptors (Lipinski definition) is 2. The number of hydrogen-bond donors (Lipinski definition) is 2. The molecule has 0 atom stereocenters. The van der Waals surface area contributed by atoms with Crippen molar-refractivity contribution >= 4 is 23.5 Å². The molecule has 0 saturated carbocycles. The van der Waals surface area contributed by atoms with Crippen molar-refractivity contribution < 1.29 is 32.7 Å². The first-order valence-corrected chi connectivity index (χ1v) is 2.10. The summed E-state index contributed by atoms with van der Waals surface area (Å²) in [5.41, 5.74) is 7.28. The van der Waals surface area contributed by atoms with E-state index in [1.165, 1.54) is 0 Å². The van der Waals surface area contributed by atoms with Crippen molar-refractivity contribution in [1.82, 2.24) is 5.43 Å². The molecular formula is C5H12N3SY. The van der Waals surface area contributed by atoms with Gasteiger partial charge in [-0.3, -0.25) is 5.43 Å². The van der Waals surface area contributed by atoms with Crippen LogP contribution in [0.15, 0.2) is 5.10 Å². The molecule has 5 heteroatoms. The van der Waals surface area contributed by atoms with Gasteiger partial charge in [0, 0.05) is 0 Å². The molecule has 0 fully saturated rings. The Labute approximate surface area is 93.7 Å². The quantitative estimate of drug-likeness (QED) is 0.303. The van der Waals surface area contributed by atoms with Crippen molar-refractivity contribution in [3.8, 4) is 0 Å². The van der Waals surface area contributed by atoms with E-state index >= 15 is 0 Å². The molecule has 0 bridgehead atoms. The van der Waals surface area contributed by atoms with E-state index in [0.29, 0.717) is 0 Å². The Bertz CT molecular complexity index is 94.9. The largest absolute Gasteiger partial charge is 3.00 e. The topological polar surface area (TPSA) is 50.4 Å². The first-order chi connectivity index (χ1) is 3.27. The van der Waals surface area contributed by atoms with Crippen LogP contribution in [0.5, 0.6) is 0 Å². The maximum absolute atomic E-state index is 4.97. The molecule has 0 aliphatic heterocycles. The predicted molar refractivity (Wildman–Crippen MR) is 45.9 cm³/mol. The van der Waals surface area contributed by atoms with E-state index in [2.05, 4.69) is 29.0 Å². The van der Waals surface area contributed by atoms with E-state index in [1.807, 2.05) is 0 Å². The Kier molecular flexibility index (Phi) is 36.4. The number of rotatable bonds is 1. The van der Waals surface area contributed by atoms with Gasteiger partial charge in [0.25, 0.3) is 0 Å². The Morgan fingerprint density at radius 1 is 1.60 bits per heavy atom. The van der Waals surface area contributed by atoms with Gasteiger partial charge in [-0.05, 0) is 12.2 Å². The molecule has 0 heterocycles. The van der Waals surface area contributed by atoms with Crippen LogP contribution >= 0.6 is 12.2 Å². The first kappa shape index (κ1) is 22.4. The van der Waals surface area contributed by atoms with E-state index in [-0.39, 0.29) is 52.7 Å². The number of nitrogens with two attached hydrogens (primary N) is 1. The van der Waals surface area contributed by atoms with Crippen LogP contribution in [-0.2, 0) is 32.7 Å². The molecule has 0 amide bonds. The molecule has 0 aliphatic rings. The van der Waals surface area contributed by atoms with E-state index in [9.17, 15) is 0 Å². The van der Waals surface area contributed by atoms with Crippen LogP contribution in [0.2, 0.25) is 0 Å². The third kappa shape index (κ3) is 23.7. The number of nitrogens with zero attached hydrogens (tertiary/aromatic N) is 1. The first-order valence-electron chi connectivity index (χ1n) is 1.69. The maximum atomic E-state index is 4.97. The van der Waals surface area contributed by atoms with Crippen LogP contribution in [-0.4, -0.2) is 11.3 Å². The summed E-state index contributed by atoms with van der Waals surface area (Å²) in [7, 11) is 0. The van der Waals surface area contributed by atoms with Crippen LogP contribution in [0.1, 0.15) is 6.92 Å². The molecule has 0 aromatic rings. The molecule has 0 radical (unpaired) electrons. The van der Waals surface area contributed by atoms with Crippen molar-refractivity contribution in [2.45, 2.75) is 6.92 Å². The van der Waals surface area contributed by atoms with Crippen LogP contribution in [0.25, 0.3) is 0 Å². The van der Waals surface area contributed by atoms with E-state index in [0.717, 1.165) is 0 Å². The molecule has 3 N–H and O–H groups in total. The van der Waals surface area contributed by atoms with Crippen LogP contribution in [0, 0.1) is 14.9 Å². The molecule has 0 saturated heterocycles. The summed E-state index contributed by atoms with van der Waals surface area (Å²) in [5, 5.41) is 3.57. The molecule has 10 heavy (non-hydrogen) atoms. The van der Waals surface area contributed by atoms with E-state index in [4.69, 9.17) is 5.73 Å². The molecule has 56 valence electrons. The summed E-state index contributed by atoms with van der Waals surface area (Å²) in [6.45, 7) is 1.64. The summed E-state index contributed by atoms with van der Waals surface area (Å²) >= 11 is 4.39. The number of hydrazone groups is 1. The van der Waals surface area contributed by atoms with Crippen LogP contribution in [0.4, 0.5) is 0 Å². The van der Waals surface area contributed by atoms with E-state index < -0.39 is 0 Å². The van der Waals surface area contributed by atoms with Crippen molar-refractivity contribution in [1.29, 1.82) is 0 Å². The van der Waals surface area contributed by atoms with Gasteiger partial charge < -0.3 is 31.9 Å². The number of nitrogens with one attached hydrogen (secondary N) is 1. The molecule has 0 aromatic carbocycles. The Hall–Kier alpha value is 0.464. The molecule has 0 aromatic heterocycles. The van der Waals surface area contributed by atoms with Crippen molar-refractivity contribution in [2.24, 2.45) is 10.8 Å². The normalized spacial score (nSPS) is 6.50. The Morgan fingerprint density at radius 2 is 2.00 bits per heavy atom. The maximum Gasteiger partial charge on any atom is 3.00 e.